The highest BCUT2D eigenvalue weighted by molar-refractivity contribution is 5.79. The molecule has 0 aliphatic heterocycles. The molecule has 4 nitrogen and oxygen atoms in total. The molecule has 0 bridgehead atoms. The van der Waals surface area contributed by atoms with Crippen molar-refractivity contribution in [3.63, 3.8) is 0 Å². The molecule has 0 spiro atoms. The number of hydrazine groups is 1. The minimum Gasteiger partial charge on any atom is -0.379 e. The van der Waals surface area contributed by atoms with E-state index in [1.165, 1.54) is 12.8 Å². The Hall–Kier alpha value is -1.49. The van der Waals surface area contributed by atoms with Crippen LogP contribution in [-0.4, -0.2) is 18.2 Å². The van der Waals surface area contributed by atoms with Crippen LogP contribution in [0.1, 0.15) is 30.1 Å². The summed E-state index contributed by atoms with van der Waals surface area (Å²) in [5.41, 5.74) is 6.13. The van der Waals surface area contributed by atoms with E-state index in [9.17, 15) is 0 Å². The summed E-state index contributed by atoms with van der Waals surface area (Å²) < 4.78 is 5.65. The third kappa shape index (κ3) is 2.54. The van der Waals surface area contributed by atoms with E-state index < -0.39 is 0 Å². The molecule has 20 heavy (non-hydrogen) atoms. The third-order valence-electron chi connectivity index (χ3n) is 4.08. The van der Waals surface area contributed by atoms with Crippen LogP contribution < -0.4 is 11.3 Å². The first kappa shape index (κ1) is 13.5. The van der Waals surface area contributed by atoms with E-state index in [2.05, 4.69) is 34.7 Å². The summed E-state index contributed by atoms with van der Waals surface area (Å²) in [5, 5.41) is 1.14. The van der Waals surface area contributed by atoms with Gasteiger partial charge in [0, 0.05) is 18.2 Å². The molecule has 2 aromatic rings. The lowest BCUT2D eigenvalue weighted by atomic mass is 9.97. The number of methoxy groups -OCH3 is 1. The number of nitrogens with two attached hydrogens (primary N) is 1. The summed E-state index contributed by atoms with van der Waals surface area (Å²) in [6.45, 7) is 2.01. The second-order valence-corrected chi connectivity index (χ2v) is 5.59. The first-order valence-electron chi connectivity index (χ1n) is 7.09. The van der Waals surface area contributed by atoms with Gasteiger partial charge in [0.05, 0.1) is 17.7 Å². The second kappa shape index (κ2) is 5.48. The fraction of sp³-hybridized carbons (Fsp3) is 0.438. The highest BCUT2D eigenvalue weighted by Crippen LogP contribution is 2.39. The van der Waals surface area contributed by atoms with Crippen molar-refractivity contribution >= 4 is 10.9 Å². The van der Waals surface area contributed by atoms with Gasteiger partial charge in [0.15, 0.2) is 0 Å². The Bertz CT molecular complexity index is 610. The van der Waals surface area contributed by atoms with Crippen molar-refractivity contribution in [3.8, 4) is 0 Å². The van der Waals surface area contributed by atoms with Crippen LogP contribution >= 0.6 is 0 Å². The van der Waals surface area contributed by atoms with Gasteiger partial charge in [-0.3, -0.25) is 16.3 Å². The van der Waals surface area contributed by atoms with E-state index in [4.69, 9.17) is 10.6 Å². The number of hydrogen-bond donors (Lipinski definition) is 2. The van der Waals surface area contributed by atoms with Crippen molar-refractivity contribution in [1.82, 2.24) is 10.4 Å². The fourth-order valence-corrected chi connectivity index (χ4v) is 2.85. The van der Waals surface area contributed by atoms with E-state index in [0.717, 1.165) is 22.2 Å². The SMILES string of the molecule is COC(C1CC1)C(NN)c1ccc2nc(C)ccc2c1. The average Bonchev–Trinajstić information content (AvgIpc) is 3.28. The summed E-state index contributed by atoms with van der Waals surface area (Å²) in [7, 11) is 1.76. The highest BCUT2D eigenvalue weighted by Gasteiger charge is 2.37. The molecule has 2 atom stereocenters. The zero-order valence-electron chi connectivity index (χ0n) is 12.0. The summed E-state index contributed by atoms with van der Waals surface area (Å²) in [6, 6.07) is 10.5. The minimum absolute atomic E-state index is 0.0261. The molecule has 1 aromatic carbocycles. The Morgan fingerprint density at radius 2 is 2.10 bits per heavy atom. The Labute approximate surface area is 119 Å². The number of nitrogens with one attached hydrogen (secondary N) is 1. The molecule has 106 valence electrons. The number of hydrogen-bond acceptors (Lipinski definition) is 4. The van der Waals surface area contributed by atoms with Crippen molar-refractivity contribution < 1.29 is 4.74 Å². The topological polar surface area (TPSA) is 60.2 Å². The molecule has 1 aromatic heterocycles. The molecular weight excluding hydrogens is 250 g/mol. The van der Waals surface area contributed by atoms with Crippen molar-refractivity contribution in [1.29, 1.82) is 0 Å². The Kier molecular flexibility index (Phi) is 3.70. The van der Waals surface area contributed by atoms with E-state index in [1.807, 2.05) is 13.0 Å². The predicted octanol–water partition coefficient (Wildman–Crippen LogP) is 2.47. The monoisotopic (exact) mass is 271 g/mol. The van der Waals surface area contributed by atoms with Crippen LogP contribution in [0.2, 0.25) is 0 Å². The van der Waals surface area contributed by atoms with E-state index in [1.54, 1.807) is 7.11 Å². The van der Waals surface area contributed by atoms with Gasteiger partial charge in [0.25, 0.3) is 0 Å². The maximum absolute atomic E-state index is 5.77. The largest absolute Gasteiger partial charge is 0.379 e. The molecule has 1 heterocycles. The standard InChI is InChI=1S/C16H21N3O/c1-10-3-4-12-9-13(7-8-14(12)18-10)15(19-17)16(20-2)11-5-6-11/h3-4,7-9,11,15-16,19H,5-6,17H2,1-2H3. The lowest BCUT2D eigenvalue weighted by Gasteiger charge is -2.26. The van der Waals surface area contributed by atoms with Crippen LogP contribution in [0.4, 0.5) is 0 Å². The quantitative estimate of drug-likeness (QED) is 0.648. The molecule has 3 rings (SSSR count). The lowest BCUT2D eigenvalue weighted by Crippen LogP contribution is -2.38. The molecular formula is C16H21N3O. The highest BCUT2D eigenvalue weighted by atomic mass is 16.5. The Morgan fingerprint density at radius 3 is 2.75 bits per heavy atom. The normalized spacial score (nSPS) is 18.1. The lowest BCUT2D eigenvalue weighted by molar-refractivity contribution is 0.0507. The molecule has 4 heteroatoms. The number of fused-ring (bicyclic) bond motifs is 1. The molecule has 1 aliphatic rings. The van der Waals surface area contributed by atoms with Crippen LogP contribution in [0.15, 0.2) is 30.3 Å². The Balaban J connectivity index is 1.96. The minimum atomic E-state index is 0.0261. The maximum Gasteiger partial charge on any atom is 0.0806 e. The van der Waals surface area contributed by atoms with Gasteiger partial charge < -0.3 is 4.74 Å². The van der Waals surface area contributed by atoms with Crippen LogP contribution in [0.3, 0.4) is 0 Å². The van der Waals surface area contributed by atoms with Crippen molar-refractivity contribution in [2.75, 3.05) is 7.11 Å². The molecule has 3 N–H and O–H groups in total. The zero-order chi connectivity index (χ0) is 14.1. The van der Waals surface area contributed by atoms with Gasteiger partial charge in [0.2, 0.25) is 0 Å². The van der Waals surface area contributed by atoms with Gasteiger partial charge in [-0.15, -0.1) is 0 Å². The van der Waals surface area contributed by atoms with E-state index in [0.29, 0.717) is 5.92 Å². The number of aryl methyl sites for hydroxylation is 1. The number of aromatic nitrogens is 1. The summed E-state index contributed by atoms with van der Waals surface area (Å²) >= 11 is 0. The number of pyridine rings is 1. The van der Waals surface area contributed by atoms with Gasteiger partial charge in [-0.25, -0.2) is 0 Å². The second-order valence-electron chi connectivity index (χ2n) is 5.59. The maximum atomic E-state index is 5.77. The first-order chi connectivity index (χ1) is 9.72. The first-order valence-corrected chi connectivity index (χ1v) is 7.09. The van der Waals surface area contributed by atoms with Crippen molar-refractivity contribution in [3.05, 3.63) is 41.6 Å². The number of nitrogens with zero attached hydrogens (tertiary/aromatic N) is 1. The summed E-state index contributed by atoms with van der Waals surface area (Å²) in [4.78, 5) is 4.53. The predicted molar refractivity (Wildman–Crippen MR) is 80.1 cm³/mol. The van der Waals surface area contributed by atoms with Crippen molar-refractivity contribution in [2.24, 2.45) is 11.8 Å². The Morgan fingerprint density at radius 1 is 1.30 bits per heavy atom. The molecule has 0 radical (unpaired) electrons. The van der Waals surface area contributed by atoms with Gasteiger partial charge >= 0.3 is 0 Å². The van der Waals surface area contributed by atoms with E-state index in [-0.39, 0.29) is 12.1 Å². The third-order valence-corrected chi connectivity index (χ3v) is 4.08. The number of benzene rings is 1. The van der Waals surface area contributed by atoms with Crippen LogP contribution in [0.25, 0.3) is 10.9 Å². The molecule has 0 amide bonds. The molecule has 1 fully saturated rings. The van der Waals surface area contributed by atoms with Gasteiger partial charge in [0.1, 0.15) is 0 Å². The smallest absolute Gasteiger partial charge is 0.0806 e. The average molecular weight is 271 g/mol. The fourth-order valence-electron chi connectivity index (χ4n) is 2.85. The summed E-state index contributed by atoms with van der Waals surface area (Å²) in [5.74, 6) is 6.39. The number of ether oxygens (including phenoxy) is 1. The van der Waals surface area contributed by atoms with Gasteiger partial charge in [-0.1, -0.05) is 12.1 Å². The zero-order valence-corrected chi connectivity index (χ0v) is 12.0. The van der Waals surface area contributed by atoms with Crippen molar-refractivity contribution in [2.45, 2.75) is 31.9 Å². The van der Waals surface area contributed by atoms with E-state index >= 15 is 0 Å². The summed E-state index contributed by atoms with van der Waals surface area (Å²) in [6.07, 6.45) is 2.59. The molecule has 1 saturated carbocycles. The van der Waals surface area contributed by atoms with Gasteiger partial charge in [-0.05, 0) is 49.4 Å². The van der Waals surface area contributed by atoms with Crippen LogP contribution in [-0.2, 0) is 4.74 Å². The molecule has 1 aliphatic carbocycles. The molecule has 0 saturated heterocycles. The molecule has 2 unspecified atom stereocenters. The number of rotatable bonds is 5. The van der Waals surface area contributed by atoms with Gasteiger partial charge in [-0.2, -0.15) is 0 Å². The van der Waals surface area contributed by atoms with Crippen LogP contribution in [0.5, 0.6) is 0 Å². The van der Waals surface area contributed by atoms with Crippen LogP contribution in [0, 0.1) is 12.8 Å².